The first-order chi connectivity index (χ1) is 14.5. The van der Waals surface area contributed by atoms with Crippen molar-refractivity contribution in [3.05, 3.63) is 53.4 Å². The standard InChI is InChI=1S/C21H22ClN3O5/c1-4-25(20(26)13-29-16-8-6-15(22)7-9-16)12-19-23-21(24-30-19)14-5-10-17(27-2)18(11-14)28-3/h5-11H,4,12-13H2,1-3H3. The summed E-state index contributed by atoms with van der Waals surface area (Å²) in [4.78, 5) is 18.5. The second-order valence-corrected chi connectivity index (χ2v) is 6.67. The molecule has 9 heteroatoms. The molecular weight excluding hydrogens is 410 g/mol. The molecule has 0 saturated carbocycles. The second kappa shape index (κ2) is 9.98. The maximum atomic E-state index is 12.5. The van der Waals surface area contributed by atoms with Crippen LogP contribution in [0.15, 0.2) is 47.0 Å². The number of carbonyl (C=O) groups is 1. The molecule has 0 aliphatic carbocycles. The van der Waals surface area contributed by atoms with Gasteiger partial charge in [0.1, 0.15) is 12.3 Å². The maximum absolute atomic E-state index is 12.5. The van der Waals surface area contributed by atoms with Crippen LogP contribution in [-0.2, 0) is 11.3 Å². The van der Waals surface area contributed by atoms with E-state index < -0.39 is 0 Å². The summed E-state index contributed by atoms with van der Waals surface area (Å²) in [6, 6.07) is 12.1. The van der Waals surface area contributed by atoms with Crippen molar-refractivity contribution >= 4 is 17.5 Å². The van der Waals surface area contributed by atoms with Crippen molar-refractivity contribution in [1.82, 2.24) is 15.0 Å². The fraction of sp³-hybridized carbons (Fsp3) is 0.286. The third kappa shape index (κ3) is 5.21. The Morgan fingerprint density at radius 2 is 1.83 bits per heavy atom. The fourth-order valence-corrected chi connectivity index (χ4v) is 2.84. The van der Waals surface area contributed by atoms with Gasteiger partial charge in [0.05, 0.1) is 14.2 Å². The van der Waals surface area contributed by atoms with Gasteiger partial charge in [0.15, 0.2) is 18.1 Å². The minimum absolute atomic E-state index is 0.105. The highest BCUT2D eigenvalue weighted by Crippen LogP contribution is 2.31. The molecule has 0 saturated heterocycles. The van der Waals surface area contributed by atoms with Gasteiger partial charge in [0.2, 0.25) is 11.7 Å². The molecule has 1 heterocycles. The fourth-order valence-electron chi connectivity index (χ4n) is 2.72. The normalized spacial score (nSPS) is 10.5. The molecule has 2 aromatic carbocycles. The largest absolute Gasteiger partial charge is 0.493 e. The topological polar surface area (TPSA) is 86.9 Å². The quantitative estimate of drug-likeness (QED) is 0.508. The van der Waals surface area contributed by atoms with Gasteiger partial charge in [-0.05, 0) is 49.4 Å². The Hall–Kier alpha value is -3.26. The first-order valence-corrected chi connectivity index (χ1v) is 9.63. The van der Waals surface area contributed by atoms with Gasteiger partial charge in [-0.3, -0.25) is 4.79 Å². The van der Waals surface area contributed by atoms with Crippen molar-refractivity contribution in [2.75, 3.05) is 27.4 Å². The first kappa shape index (κ1) is 21.4. The molecular formula is C21H22ClN3O5. The zero-order valence-corrected chi connectivity index (χ0v) is 17.7. The Balaban J connectivity index is 1.64. The van der Waals surface area contributed by atoms with Gasteiger partial charge in [-0.2, -0.15) is 4.98 Å². The van der Waals surface area contributed by atoms with Crippen molar-refractivity contribution in [3.63, 3.8) is 0 Å². The zero-order chi connectivity index (χ0) is 21.5. The first-order valence-electron chi connectivity index (χ1n) is 9.25. The van der Waals surface area contributed by atoms with Crippen LogP contribution in [0.4, 0.5) is 0 Å². The van der Waals surface area contributed by atoms with E-state index in [1.54, 1.807) is 61.6 Å². The molecule has 1 aromatic heterocycles. The molecule has 0 bridgehead atoms. The van der Waals surface area contributed by atoms with Crippen molar-refractivity contribution in [1.29, 1.82) is 0 Å². The highest BCUT2D eigenvalue weighted by molar-refractivity contribution is 6.30. The number of rotatable bonds is 9. The summed E-state index contributed by atoms with van der Waals surface area (Å²) < 4.78 is 21.4. The Morgan fingerprint density at radius 3 is 2.50 bits per heavy atom. The van der Waals surface area contributed by atoms with Crippen molar-refractivity contribution in [2.24, 2.45) is 0 Å². The second-order valence-electron chi connectivity index (χ2n) is 6.23. The number of halogens is 1. The summed E-state index contributed by atoms with van der Waals surface area (Å²) in [6.45, 7) is 2.41. The number of ether oxygens (including phenoxy) is 3. The van der Waals surface area contributed by atoms with Crippen LogP contribution in [0.25, 0.3) is 11.4 Å². The number of hydrogen-bond donors (Lipinski definition) is 0. The molecule has 0 aliphatic heterocycles. The van der Waals surface area contributed by atoms with E-state index >= 15 is 0 Å². The van der Waals surface area contributed by atoms with Crippen molar-refractivity contribution < 1.29 is 23.5 Å². The molecule has 0 radical (unpaired) electrons. The van der Waals surface area contributed by atoms with E-state index in [2.05, 4.69) is 10.1 Å². The Labute approximate surface area is 179 Å². The van der Waals surface area contributed by atoms with Crippen LogP contribution in [0, 0.1) is 0 Å². The molecule has 3 aromatic rings. The lowest BCUT2D eigenvalue weighted by molar-refractivity contribution is -0.134. The SMILES string of the molecule is CCN(Cc1nc(-c2ccc(OC)c(OC)c2)no1)C(=O)COc1ccc(Cl)cc1. The summed E-state index contributed by atoms with van der Waals surface area (Å²) in [5.74, 6) is 2.25. The lowest BCUT2D eigenvalue weighted by atomic mass is 10.2. The molecule has 0 atom stereocenters. The van der Waals surface area contributed by atoms with E-state index in [-0.39, 0.29) is 19.1 Å². The summed E-state index contributed by atoms with van der Waals surface area (Å²) in [5.41, 5.74) is 0.711. The highest BCUT2D eigenvalue weighted by Gasteiger charge is 2.18. The molecule has 1 amide bonds. The Bertz CT molecular complexity index is 991. The third-order valence-corrected chi connectivity index (χ3v) is 4.60. The predicted molar refractivity (Wildman–Crippen MR) is 111 cm³/mol. The van der Waals surface area contributed by atoms with Crippen LogP contribution in [-0.4, -0.2) is 48.3 Å². The van der Waals surface area contributed by atoms with Gasteiger partial charge in [-0.1, -0.05) is 16.8 Å². The van der Waals surface area contributed by atoms with Gasteiger partial charge in [0.25, 0.3) is 5.91 Å². The summed E-state index contributed by atoms with van der Waals surface area (Å²) in [6.07, 6.45) is 0. The molecule has 0 fully saturated rings. The molecule has 0 unspecified atom stereocenters. The van der Waals surface area contributed by atoms with Crippen molar-refractivity contribution in [3.8, 4) is 28.6 Å². The number of likely N-dealkylation sites (N-methyl/N-ethyl adjacent to an activating group) is 1. The lowest BCUT2D eigenvalue weighted by Crippen LogP contribution is -2.34. The summed E-state index contributed by atoms with van der Waals surface area (Å²) in [7, 11) is 3.12. The summed E-state index contributed by atoms with van der Waals surface area (Å²) in [5, 5.41) is 4.60. The molecule has 0 N–H and O–H groups in total. The molecule has 0 aliphatic rings. The smallest absolute Gasteiger partial charge is 0.260 e. The van der Waals surface area contributed by atoms with Gasteiger partial charge in [0, 0.05) is 17.1 Å². The van der Waals surface area contributed by atoms with E-state index in [1.165, 1.54) is 0 Å². The van der Waals surface area contributed by atoms with E-state index in [1.807, 2.05) is 6.92 Å². The highest BCUT2D eigenvalue weighted by atomic mass is 35.5. The minimum atomic E-state index is -0.196. The number of nitrogens with zero attached hydrogens (tertiary/aromatic N) is 3. The van der Waals surface area contributed by atoms with E-state index in [9.17, 15) is 4.79 Å². The predicted octanol–water partition coefficient (Wildman–Crippen LogP) is 3.83. The van der Waals surface area contributed by atoms with Crippen LogP contribution in [0.5, 0.6) is 17.2 Å². The molecule has 3 rings (SSSR count). The van der Waals surface area contributed by atoms with E-state index in [4.69, 9.17) is 30.3 Å². The Morgan fingerprint density at radius 1 is 1.10 bits per heavy atom. The molecule has 8 nitrogen and oxygen atoms in total. The maximum Gasteiger partial charge on any atom is 0.260 e. The van der Waals surface area contributed by atoms with Crippen LogP contribution in [0.2, 0.25) is 5.02 Å². The average molecular weight is 432 g/mol. The molecule has 0 spiro atoms. The average Bonchev–Trinajstić information content (AvgIpc) is 3.25. The van der Waals surface area contributed by atoms with Gasteiger partial charge in [-0.25, -0.2) is 0 Å². The van der Waals surface area contributed by atoms with Crippen LogP contribution in [0.1, 0.15) is 12.8 Å². The monoisotopic (exact) mass is 431 g/mol. The van der Waals surface area contributed by atoms with E-state index in [0.717, 1.165) is 0 Å². The van der Waals surface area contributed by atoms with Crippen LogP contribution >= 0.6 is 11.6 Å². The Kier molecular flexibility index (Phi) is 7.13. The zero-order valence-electron chi connectivity index (χ0n) is 16.9. The van der Waals surface area contributed by atoms with Gasteiger partial charge < -0.3 is 23.6 Å². The van der Waals surface area contributed by atoms with Crippen LogP contribution in [0.3, 0.4) is 0 Å². The van der Waals surface area contributed by atoms with E-state index in [0.29, 0.717) is 46.1 Å². The number of benzene rings is 2. The molecule has 158 valence electrons. The lowest BCUT2D eigenvalue weighted by Gasteiger charge is -2.18. The minimum Gasteiger partial charge on any atom is -0.493 e. The number of carbonyl (C=O) groups excluding carboxylic acids is 1. The van der Waals surface area contributed by atoms with Gasteiger partial charge in [-0.15, -0.1) is 0 Å². The number of amides is 1. The van der Waals surface area contributed by atoms with Crippen molar-refractivity contribution in [2.45, 2.75) is 13.5 Å². The number of aromatic nitrogens is 2. The van der Waals surface area contributed by atoms with Gasteiger partial charge >= 0.3 is 0 Å². The third-order valence-electron chi connectivity index (χ3n) is 4.35. The van der Waals surface area contributed by atoms with Crippen LogP contribution < -0.4 is 14.2 Å². The number of hydrogen-bond acceptors (Lipinski definition) is 7. The summed E-state index contributed by atoms with van der Waals surface area (Å²) >= 11 is 5.85. The number of methoxy groups -OCH3 is 2. The molecule has 30 heavy (non-hydrogen) atoms.